The van der Waals surface area contributed by atoms with Crippen LogP contribution in [0, 0.1) is 11.8 Å². The summed E-state index contributed by atoms with van der Waals surface area (Å²) in [7, 11) is -4.03. The van der Waals surface area contributed by atoms with Gasteiger partial charge in [-0.3, -0.25) is 19.1 Å². The molecule has 3 aromatic rings. The van der Waals surface area contributed by atoms with Crippen molar-refractivity contribution in [2.24, 2.45) is 11.8 Å². The van der Waals surface area contributed by atoms with Gasteiger partial charge in [0.05, 0.1) is 16.3 Å². The SMILES string of the molecule is CC(=O)Nc1ccc(S(=O)(=O)Nc2cc(C(=O)N3CCC(C)CC3)ccc2N2C[C@@H]3C[C@@H](C2)c2cccc(=O)n2C3)cc1. The monoisotopic (exact) mass is 603 g/mol. The van der Waals surface area contributed by atoms with Crippen molar-refractivity contribution in [3.63, 3.8) is 0 Å². The molecule has 2 fully saturated rings. The lowest BCUT2D eigenvalue weighted by Crippen LogP contribution is -2.47. The Kier molecular flexibility index (Phi) is 7.76. The first kappa shape index (κ1) is 29.0. The zero-order valence-electron chi connectivity index (χ0n) is 24.5. The number of anilines is 3. The lowest BCUT2D eigenvalue weighted by molar-refractivity contribution is -0.114. The van der Waals surface area contributed by atoms with Gasteiger partial charge in [0, 0.05) is 68.6 Å². The van der Waals surface area contributed by atoms with Crippen molar-refractivity contribution in [2.75, 3.05) is 41.1 Å². The molecule has 2 amide bonds. The molecular weight excluding hydrogens is 566 g/mol. The van der Waals surface area contributed by atoms with Crippen LogP contribution in [0.2, 0.25) is 0 Å². The van der Waals surface area contributed by atoms with Gasteiger partial charge in [-0.05, 0) is 79.6 Å². The molecular formula is C32H37N5O5S. The van der Waals surface area contributed by atoms with Gasteiger partial charge in [0.2, 0.25) is 5.91 Å². The molecule has 2 N–H and O–H groups in total. The molecule has 3 aliphatic heterocycles. The maximum atomic E-state index is 13.6. The van der Waals surface area contributed by atoms with Gasteiger partial charge < -0.3 is 19.7 Å². The van der Waals surface area contributed by atoms with Crippen molar-refractivity contribution < 1.29 is 18.0 Å². The number of nitrogens with one attached hydrogen (secondary N) is 2. The third-order valence-corrected chi connectivity index (χ3v) is 10.2. The summed E-state index contributed by atoms with van der Waals surface area (Å²) < 4.78 is 31.9. The molecule has 2 atom stereocenters. The normalized spacial score (nSPS) is 20.3. The third kappa shape index (κ3) is 6.04. The van der Waals surface area contributed by atoms with Crippen LogP contribution >= 0.6 is 0 Å². The number of aromatic nitrogens is 1. The van der Waals surface area contributed by atoms with Crippen molar-refractivity contribution in [2.45, 2.75) is 50.5 Å². The number of amides is 2. The first-order chi connectivity index (χ1) is 20.6. The van der Waals surface area contributed by atoms with E-state index in [9.17, 15) is 22.8 Å². The first-order valence-electron chi connectivity index (χ1n) is 14.9. The lowest BCUT2D eigenvalue weighted by atomic mass is 9.83. The Bertz CT molecular complexity index is 1710. The van der Waals surface area contributed by atoms with E-state index in [0.29, 0.717) is 61.3 Å². The summed E-state index contributed by atoms with van der Waals surface area (Å²) in [4.78, 5) is 41.5. The zero-order valence-corrected chi connectivity index (χ0v) is 25.3. The highest BCUT2D eigenvalue weighted by Gasteiger charge is 2.36. The molecule has 0 spiro atoms. The highest BCUT2D eigenvalue weighted by atomic mass is 32.2. The van der Waals surface area contributed by atoms with E-state index in [1.165, 1.54) is 19.1 Å². The molecule has 0 unspecified atom stereocenters. The van der Waals surface area contributed by atoms with Gasteiger partial charge in [-0.2, -0.15) is 0 Å². The van der Waals surface area contributed by atoms with Crippen molar-refractivity contribution in [1.29, 1.82) is 0 Å². The van der Waals surface area contributed by atoms with Crippen LogP contribution < -0.4 is 20.5 Å². The number of carbonyl (C=O) groups excluding carboxylic acids is 2. The second-order valence-corrected chi connectivity index (χ2v) is 13.8. The number of nitrogens with zero attached hydrogens (tertiary/aromatic N) is 3. The Balaban J connectivity index is 1.33. The molecule has 226 valence electrons. The smallest absolute Gasteiger partial charge is 0.261 e. The molecule has 43 heavy (non-hydrogen) atoms. The van der Waals surface area contributed by atoms with Crippen LogP contribution in [0.5, 0.6) is 0 Å². The van der Waals surface area contributed by atoms with Crippen LogP contribution in [0.3, 0.4) is 0 Å². The number of carbonyl (C=O) groups is 2. The molecule has 2 saturated heterocycles. The van der Waals surface area contributed by atoms with Crippen LogP contribution in [0.4, 0.5) is 17.1 Å². The second kappa shape index (κ2) is 11.5. The van der Waals surface area contributed by atoms with E-state index in [-0.39, 0.29) is 34.1 Å². The number of benzene rings is 2. The Morgan fingerprint density at radius 2 is 1.67 bits per heavy atom. The van der Waals surface area contributed by atoms with Gasteiger partial charge in [-0.15, -0.1) is 0 Å². The Morgan fingerprint density at radius 3 is 2.40 bits per heavy atom. The summed E-state index contributed by atoms with van der Waals surface area (Å²) in [6, 6.07) is 16.6. The number of fused-ring (bicyclic) bond motifs is 4. The summed E-state index contributed by atoms with van der Waals surface area (Å²) in [5, 5.41) is 2.64. The highest BCUT2D eigenvalue weighted by Crippen LogP contribution is 2.40. The Labute approximate surface area is 251 Å². The van der Waals surface area contributed by atoms with E-state index in [4.69, 9.17) is 0 Å². The van der Waals surface area contributed by atoms with E-state index in [1.807, 2.05) is 21.6 Å². The number of sulfonamides is 1. The maximum absolute atomic E-state index is 13.6. The van der Waals surface area contributed by atoms with Crippen LogP contribution in [0.1, 0.15) is 55.1 Å². The number of piperidine rings is 2. The van der Waals surface area contributed by atoms with Crippen LogP contribution in [0.25, 0.3) is 0 Å². The molecule has 0 saturated carbocycles. The molecule has 2 bridgehead atoms. The van der Waals surface area contributed by atoms with Gasteiger partial charge in [0.15, 0.2) is 0 Å². The minimum atomic E-state index is -4.03. The van der Waals surface area contributed by atoms with Crippen molar-refractivity contribution in [3.8, 4) is 0 Å². The predicted octanol–water partition coefficient (Wildman–Crippen LogP) is 4.10. The first-order valence-corrected chi connectivity index (χ1v) is 16.3. The van der Waals surface area contributed by atoms with Crippen molar-refractivity contribution in [3.05, 3.63) is 82.3 Å². The van der Waals surface area contributed by atoms with E-state index < -0.39 is 10.0 Å². The Hall–Kier alpha value is -4.12. The van der Waals surface area contributed by atoms with Crippen molar-refractivity contribution in [1.82, 2.24) is 9.47 Å². The van der Waals surface area contributed by atoms with E-state index in [2.05, 4.69) is 21.9 Å². The maximum Gasteiger partial charge on any atom is 0.261 e. The van der Waals surface area contributed by atoms with Gasteiger partial charge in [-0.1, -0.05) is 13.0 Å². The van der Waals surface area contributed by atoms with Crippen molar-refractivity contribution >= 4 is 38.9 Å². The molecule has 0 aliphatic carbocycles. The molecule has 0 radical (unpaired) electrons. The summed E-state index contributed by atoms with van der Waals surface area (Å²) in [5.41, 5.74) is 2.98. The number of rotatable bonds is 6. The molecule has 1 aromatic heterocycles. The zero-order chi connectivity index (χ0) is 30.3. The quantitative estimate of drug-likeness (QED) is 0.438. The van der Waals surface area contributed by atoms with E-state index >= 15 is 0 Å². The van der Waals surface area contributed by atoms with E-state index in [0.717, 1.165) is 25.0 Å². The summed E-state index contributed by atoms with van der Waals surface area (Å²) in [5.74, 6) is 0.576. The number of pyridine rings is 1. The summed E-state index contributed by atoms with van der Waals surface area (Å²) in [6.45, 7) is 6.84. The predicted molar refractivity (Wildman–Crippen MR) is 166 cm³/mol. The van der Waals surface area contributed by atoms with Crippen LogP contribution in [-0.2, 0) is 21.4 Å². The van der Waals surface area contributed by atoms with Gasteiger partial charge in [0.25, 0.3) is 21.5 Å². The fraction of sp³-hybridized carbons (Fsp3) is 0.406. The number of hydrogen-bond donors (Lipinski definition) is 2. The fourth-order valence-electron chi connectivity index (χ4n) is 6.64. The second-order valence-electron chi connectivity index (χ2n) is 12.1. The third-order valence-electron chi connectivity index (χ3n) is 8.86. The minimum absolute atomic E-state index is 0.00796. The van der Waals surface area contributed by atoms with Gasteiger partial charge in [0.1, 0.15) is 0 Å². The standard InChI is InChI=1S/C32H37N5O5S/c1-21-12-14-35(15-13-21)32(40)24-6-11-30(36-18-23-16-25(20-36)29-4-3-5-31(39)37(29)19-23)28(17-24)34-43(41,42)27-9-7-26(8-10-27)33-22(2)38/h3-11,17,21,23,25,34H,12-16,18-20H2,1-2H3,(H,33,38)/t23-,25-/m0/s1. The Morgan fingerprint density at radius 1 is 0.930 bits per heavy atom. The minimum Gasteiger partial charge on any atom is -0.369 e. The average molecular weight is 604 g/mol. The van der Waals surface area contributed by atoms with Gasteiger partial charge >= 0.3 is 0 Å². The van der Waals surface area contributed by atoms with Gasteiger partial charge in [-0.25, -0.2) is 8.42 Å². The van der Waals surface area contributed by atoms with E-state index in [1.54, 1.807) is 36.4 Å². The summed E-state index contributed by atoms with van der Waals surface area (Å²) in [6.07, 6.45) is 2.85. The molecule has 10 nitrogen and oxygen atoms in total. The number of hydrogen-bond acceptors (Lipinski definition) is 6. The topological polar surface area (TPSA) is 121 Å². The van der Waals surface area contributed by atoms with Crippen LogP contribution in [-0.4, -0.2) is 55.9 Å². The lowest BCUT2D eigenvalue weighted by Gasteiger charge is -2.44. The molecule has 4 heterocycles. The molecule has 3 aliphatic rings. The largest absolute Gasteiger partial charge is 0.369 e. The molecule has 2 aromatic carbocycles. The molecule has 11 heteroatoms. The highest BCUT2D eigenvalue weighted by molar-refractivity contribution is 7.92. The molecule has 6 rings (SSSR count). The fourth-order valence-corrected chi connectivity index (χ4v) is 7.70. The number of likely N-dealkylation sites (tertiary alicyclic amines) is 1. The van der Waals surface area contributed by atoms with Crippen LogP contribution in [0.15, 0.2) is 70.4 Å². The average Bonchev–Trinajstić information content (AvgIpc) is 2.97. The summed E-state index contributed by atoms with van der Waals surface area (Å²) >= 11 is 0.